The van der Waals surface area contributed by atoms with Crippen LogP contribution in [0, 0.1) is 17.3 Å². The molecule has 0 heterocycles. The number of hydrogen-bond acceptors (Lipinski definition) is 2. The van der Waals surface area contributed by atoms with Crippen LogP contribution in [-0.4, -0.2) is 25.8 Å². The van der Waals surface area contributed by atoms with E-state index in [0.29, 0.717) is 5.41 Å². The van der Waals surface area contributed by atoms with Crippen LogP contribution in [0.1, 0.15) is 66.7 Å². The molecule has 2 nitrogen and oxygen atoms in total. The number of likely N-dealkylation sites (N-methyl/N-ethyl adjacent to an activating group) is 1. The summed E-state index contributed by atoms with van der Waals surface area (Å²) in [6, 6.07) is 0. The van der Waals surface area contributed by atoms with Crippen molar-refractivity contribution in [2.45, 2.75) is 72.3 Å². The molecule has 114 valence electrons. The van der Waals surface area contributed by atoms with Crippen molar-refractivity contribution >= 4 is 0 Å². The van der Waals surface area contributed by atoms with Crippen LogP contribution >= 0.6 is 0 Å². The molecule has 0 aromatic heterocycles. The maximum absolute atomic E-state index is 6.35. The molecular formula is C17H35NO. The highest BCUT2D eigenvalue weighted by Gasteiger charge is 2.36. The molecule has 0 aromatic carbocycles. The van der Waals surface area contributed by atoms with Crippen LogP contribution in [0.15, 0.2) is 0 Å². The number of ether oxygens (including phenoxy) is 1. The fraction of sp³-hybridized carbons (Fsp3) is 1.00. The number of rotatable bonds is 6. The Kier molecular flexibility index (Phi) is 6.32. The van der Waals surface area contributed by atoms with Crippen LogP contribution in [0.5, 0.6) is 0 Å². The summed E-state index contributed by atoms with van der Waals surface area (Å²) in [5.41, 5.74) is 0.474. The lowest BCUT2D eigenvalue weighted by Gasteiger charge is -2.41. The van der Waals surface area contributed by atoms with E-state index in [1.165, 1.54) is 25.7 Å². The number of hydrogen-bond donors (Lipinski definition) is 1. The van der Waals surface area contributed by atoms with Gasteiger partial charge in [0.25, 0.3) is 0 Å². The van der Waals surface area contributed by atoms with Gasteiger partial charge in [-0.05, 0) is 56.4 Å². The predicted molar refractivity (Wildman–Crippen MR) is 83.5 cm³/mol. The number of nitrogens with one attached hydrogen (secondary N) is 1. The molecule has 0 atom stereocenters. The van der Waals surface area contributed by atoms with Crippen molar-refractivity contribution in [2.24, 2.45) is 17.3 Å². The molecule has 0 saturated heterocycles. The van der Waals surface area contributed by atoms with Crippen molar-refractivity contribution in [1.82, 2.24) is 5.32 Å². The highest BCUT2D eigenvalue weighted by molar-refractivity contribution is 4.89. The normalized spacial score (nSPS) is 28.9. The Morgan fingerprint density at radius 3 is 2.21 bits per heavy atom. The molecular weight excluding hydrogens is 234 g/mol. The molecule has 1 N–H and O–H groups in total. The lowest BCUT2D eigenvalue weighted by molar-refractivity contribution is -0.0846. The smallest absolute Gasteiger partial charge is 0.0806 e. The first-order valence-corrected chi connectivity index (χ1v) is 8.07. The van der Waals surface area contributed by atoms with Crippen molar-refractivity contribution in [3.05, 3.63) is 0 Å². The van der Waals surface area contributed by atoms with E-state index in [-0.39, 0.29) is 5.60 Å². The molecule has 19 heavy (non-hydrogen) atoms. The molecule has 0 bridgehead atoms. The Hall–Kier alpha value is -0.0800. The van der Waals surface area contributed by atoms with Gasteiger partial charge in [0.1, 0.15) is 0 Å². The van der Waals surface area contributed by atoms with Gasteiger partial charge in [0, 0.05) is 13.2 Å². The van der Waals surface area contributed by atoms with E-state index >= 15 is 0 Å². The fourth-order valence-corrected chi connectivity index (χ4v) is 3.10. The average molecular weight is 269 g/mol. The van der Waals surface area contributed by atoms with Crippen LogP contribution in [0.2, 0.25) is 0 Å². The summed E-state index contributed by atoms with van der Waals surface area (Å²) in [5, 5.41) is 3.34. The highest BCUT2D eigenvalue weighted by atomic mass is 16.5. The summed E-state index contributed by atoms with van der Waals surface area (Å²) in [4.78, 5) is 0. The molecule has 1 rings (SSSR count). The Bertz CT molecular complexity index is 246. The lowest BCUT2D eigenvalue weighted by Crippen LogP contribution is -2.46. The first-order chi connectivity index (χ1) is 8.78. The monoisotopic (exact) mass is 269 g/mol. The van der Waals surface area contributed by atoms with Gasteiger partial charge in [0.05, 0.1) is 5.60 Å². The molecule has 0 radical (unpaired) electrons. The Morgan fingerprint density at radius 2 is 1.79 bits per heavy atom. The zero-order chi connectivity index (χ0) is 14.5. The molecule has 1 aliphatic rings. The minimum Gasteiger partial charge on any atom is -0.374 e. The van der Waals surface area contributed by atoms with Gasteiger partial charge in [-0.3, -0.25) is 0 Å². The minimum absolute atomic E-state index is 0.103. The summed E-state index contributed by atoms with van der Waals surface area (Å²) in [7, 11) is 2.05. The zero-order valence-electron chi connectivity index (χ0n) is 14.0. The SMILES string of the molecule is CNCC1(OCCC(C)(C)C)CCC(C(C)C)CC1. The van der Waals surface area contributed by atoms with Gasteiger partial charge >= 0.3 is 0 Å². The topological polar surface area (TPSA) is 21.3 Å². The van der Waals surface area contributed by atoms with Gasteiger partial charge in [-0.15, -0.1) is 0 Å². The summed E-state index contributed by atoms with van der Waals surface area (Å²) < 4.78 is 6.35. The van der Waals surface area contributed by atoms with E-state index in [1.807, 2.05) is 7.05 Å². The molecule has 1 fully saturated rings. The van der Waals surface area contributed by atoms with Crippen LogP contribution in [0.4, 0.5) is 0 Å². The zero-order valence-corrected chi connectivity index (χ0v) is 14.0. The minimum atomic E-state index is 0.103. The summed E-state index contributed by atoms with van der Waals surface area (Å²) in [6.45, 7) is 13.5. The van der Waals surface area contributed by atoms with Crippen molar-refractivity contribution in [1.29, 1.82) is 0 Å². The lowest BCUT2D eigenvalue weighted by atomic mass is 9.74. The first-order valence-electron chi connectivity index (χ1n) is 8.07. The van der Waals surface area contributed by atoms with Crippen LogP contribution < -0.4 is 5.32 Å². The maximum Gasteiger partial charge on any atom is 0.0806 e. The van der Waals surface area contributed by atoms with E-state index < -0.39 is 0 Å². The van der Waals surface area contributed by atoms with E-state index in [4.69, 9.17) is 4.74 Å². The van der Waals surface area contributed by atoms with Gasteiger partial charge in [-0.1, -0.05) is 34.6 Å². The molecule has 0 amide bonds. The Balaban J connectivity index is 2.47. The molecule has 1 aliphatic carbocycles. The molecule has 1 saturated carbocycles. The maximum atomic E-state index is 6.35. The van der Waals surface area contributed by atoms with Crippen molar-refractivity contribution < 1.29 is 4.74 Å². The fourth-order valence-electron chi connectivity index (χ4n) is 3.10. The van der Waals surface area contributed by atoms with Gasteiger partial charge in [-0.25, -0.2) is 0 Å². The van der Waals surface area contributed by atoms with Gasteiger partial charge in [-0.2, -0.15) is 0 Å². The van der Waals surface area contributed by atoms with Crippen molar-refractivity contribution in [3.8, 4) is 0 Å². The summed E-state index contributed by atoms with van der Waals surface area (Å²) in [6.07, 6.45) is 6.25. The molecule has 0 spiro atoms. The Labute approximate surface area is 120 Å². The summed E-state index contributed by atoms with van der Waals surface area (Å²) in [5.74, 6) is 1.72. The second-order valence-corrected chi connectivity index (χ2v) is 7.95. The van der Waals surface area contributed by atoms with E-state index in [2.05, 4.69) is 39.9 Å². The molecule has 2 heteroatoms. The standard InChI is InChI=1S/C17H35NO/c1-14(2)15-7-9-17(10-8-15,13-18-6)19-12-11-16(3,4)5/h14-15,18H,7-13H2,1-6H3. The van der Waals surface area contributed by atoms with Gasteiger partial charge in [0.2, 0.25) is 0 Å². The van der Waals surface area contributed by atoms with Crippen LogP contribution in [0.25, 0.3) is 0 Å². The second-order valence-electron chi connectivity index (χ2n) is 7.95. The molecule has 0 aromatic rings. The first kappa shape index (κ1) is 17.0. The van der Waals surface area contributed by atoms with Crippen LogP contribution in [-0.2, 0) is 4.74 Å². The molecule has 0 unspecified atom stereocenters. The third-order valence-corrected chi connectivity index (χ3v) is 4.64. The van der Waals surface area contributed by atoms with Crippen molar-refractivity contribution in [3.63, 3.8) is 0 Å². The second kappa shape index (κ2) is 7.08. The van der Waals surface area contributed by atoms with Gasteiger partial charge in [0.15, 0.2) is 0 Å². The van der Waals surface area contributed by atoms with E-state index in [9.17, 15) is 0 Å². The highest BCUT2D eigenvalue weighted by Crippen LogP contribution is 2.38. The van der Waals surface area contributed by atoms with E-state index in [0.717, 1.165) is 31.4 Å². The predicted octanol–water partition coefficient (Wildman–Crippen LogP) is 4.24. The van der Waals surface area contributed by atoms with Crippen molar-refractivity contribution in [2.75, 3.05) is 20.2 Å². The van der Waals surface area contributed by atoms with Gasteiger partial charge < -0.3 is 10.1 Å². The average Bonchev–Trinajstić information content (AvgIpc) is 2.28. The molecule has 0 aliphatic heterocycles. The third kappa shape index (κ3) is 5.83. The Morgan fingerprint density at radius 1 is 1.21 bits per heavy atom. The van der Waals surface area contributed by atoms with E-state index in [1.54, 1.807) is 0 Å². The largest absolute Gasteiger partial charge is 0.374 e. The summed E-state index contributed by atoms with van der Waals surface area (Å²) >= 11 is 0. The quantitative estimate of drug-likeness (QED) is 0.778. The third-order valence-electron chi connectivity index (χ3n) is 4.64. The van der Waals surface area contributed by atoms with Crippen LogP contribution in [0.3, 0.4) is 0 Å².